The first kappa shape index (κ1) is 31.8. The Morgan fingerprint density at radius 1 is 1.05 bits per heavy atom. The van der Waals surface area contributed by atoms with Crippen molar-refractivity contribution < 1.29 is 23.9 Å². The zero-order valence-electron chi connectivity index (χ0n) is 26.4. The number of anilines is 1. The fraction of sp³-hybridized carbons (Fsp3) is 0.559. The molecular formula is C34H47N5O5. The lowest BCUT2D eigenvalue weighted by Crippen LogP contribution is -2.53. The number of aldehydes is 1. The van der Waals surface area contributed by atoms with E-state index in [1.165, 1.54) is 24.1 Å². The maximum absolute atomic E-state index is 12.9. The molecule has 2 aromatic carbocycles. The molecule has 3 aliphatic heterocycles. The fourth-order valence-corrected chi connectivity index (χ4v) is 6.76. The van der Waals surface area contributed by atoms with Gasteiger partial charge in [0.25, 0.3) is 5.91 Å². The summed E-state index contributed by atoms with van der Waals surface area (Å²) < 4.78 is 11.6. The number of rotatable bonds is 13. The molecule has 1 atom stereocenters. The van der Waals surface area contributed by atoms with Crippen LogP contribution in [0.3, 0.4) is 0 Å². The van der Waals surface area contributed by atoms with Crippen LogP contribution in [0.5, 0.6) is 11.5 Å². The number of piperazine rings is 1. The molecule has 1 unspecified atom stereocenters. The second-order valence-electron chi connectivity index (χ2n) is 12.0. The van der Waals surface area contributed by atoms with Crippen molar-refractivity contribution in [3.63, 3.8) is 0 Å². The van der Waals surface area contributed by atoms with E-state index in [0.29, 0.717) is 31.2 Å². The number of ether oxygens (including phenoxy) is 2. The molecule has 0 spiro atoms. The summed E-state index contributed by atoms with van der Waals surface area (Å²) >= 11 is 0. The van der Waals surface area contributed by atoms with Crippen LogP contribution in [0.1, 0.15) is 54.1 Å². The molecule has 238 valence electrons. The molecule has 1 N–H and O–H groups in total. The molecule has 0 bridgehead atoms. The summed E-state index contributed by atoms with van der Waals surface area (Å²) in [6.07, 6.45) is 4.66. The lowest BCUT2D eigenvalue weighted by atomic mass is 10.00. The van der Waals surface area contributed by atoms with Crippen LogP contribution >= 0.6 is 0 Å². The molecule has 10 heteroatoms. The minimum absolute atomic E-state index is 0.144. The molecule has 44 heavy (non-hydrogen) atoms. The Balaban J connectivity index is 1.04. The lowest BCUT2D eigenvalue weighted by molar-refractivity contribution is -0.121. The van der Waals surface area contributed by atoms with Crippen LogP contribution in [0, 0.1) is 0 Å². The Hall–Kier alpha value is -3.63. The van der Waals surface area contributed by atoms with E-state index in [0.717, 1.165) is 75.6 Å². The zero-order valence-corrected chi connectivity index (χ0v) is 26.4. The molecule has 0 aromatic heterocycles. The SMILES string of the molecule is CCc1ccc(OC)cc1N1CCC(N2CCN(CCOc3ccc4c(c3)CN(C(C=O)CCC(=O)NC)C4=O)CC2)CC1. The van der Waals surface area contributed by atoms with Gasteiger partial charge in [-0.25, -0.2) is 0 Å². The summed E-state index contributed by atoms with van der Waals surface area (Å²) in [6.45, 7) is 10.4. The first-order valence-corrected chi connectivity index (χ1v) is 16.0. The second kappa shape index (κ2) is 14.9. The number of methoxy groups -OCH3 is 1. The monoisotopic (exact) mass is 605 g/mol. The van der Waals surface area contributed by atoms with Gasteiger partial charge in [-0.05, 0) is 61.1 Å². The Kier molecular flexibility index (Phi) is 10.8. The van der Waals surface area contributed by atoms with Crippen molar-refractivity contribution in [2.45, 2.75) is 57.7 Å². The molecular weight excluding hydrogens is 558 g/mol. The fourth-order valence-electron chi connectivity index (χ4n) is 6.76. The van der Waals surface area contributed by atoms with Crippen LogP contribution in [0.25, 0.3) is 0 Å². The number of carbonyl (C=O) groups is 3. The normalized spacial score (nSPS) is 18.7. The number of nitrogens with zero attached hydrogens (tertiary/aromatic N) is 4. The van der Waals surface area contributed by atoms with Gasteiger partial charge in [0, 0.05) is 89.2 Å². The molecule has 0 saturated carbocycles. The Labute approximate surface area is 261 Å². The number of amides is 2. The van der Waals surface area contributed by atoms with Crippen LogP contribution in [-0.4, -0.2) is 111 Å². The molecule has 0 aliphatic carbocycles. The van der Waals surface area contributed by atoms with E-state index in [2.05, 4.69) is 45.1 Å². The summed E-state index contributed by atoms with van der Waals surface area (Å²) in [4.78, 5) is 45.5. The molecule has 3 heterocycles. The number of fused-ring (bicyclic) bond motifs is 1. The molecule has 10 nitrogen and oxygen atoms in total. The highest BCUT2D eigenvalue weighted by Crippen LogP contribution is 2.31. The minimum Gasteiger partial charge on any atom is -0.497 e. The molecule has 2 amide bonds. The molecule has 5 rings (SSSR count). The number of piperidine rings is 1. The molecule has 0 radical (unpaired) electrons. The van der Waals surface area contributed by atoms with Gasteiger partial charge in [0.1, 0.15) is 24.4 Å². The van der Waals surface area contributed by atoms with Gasteiger partial charge in [-0.3, -0.25) is 19.4 Å². The van der Waals surface area contributed by atoms with Crippen molar-refractivity contribution in [3.8, 4) is 11.5 Å². The van der Waals surface area contributed by atoms with Crippen molar-refractivity contribution in [1.82, 2.24) is 20.0 Å². The van der Waals surface area contributed by atoms with Gasteiger partial charge in [0.05, 0.1) is 13.2 Å². The number of carbonyl (C=O) groups excluding carboxylic acids is 3. The Bertz CT molecular complexity index is 1300. The van der Waals surface area contributed by atoms with Gasteiger partial charge < -0.3 is 29.4 Å². The second-order valence-corrected chi connectivity index (χ2v) is 12.0. The highest BCUT2D eigenvalue weighted by molar-refractivity contribution is 6.00. The van der Waals surface area contributed by atoms with Gasteiger partial charge in [0.15, 0.2) is 0 Å². The first-order valence-electron chi connectivity index (χ1n) is 16.0. The number of hydrogen-bond donors (Lipinski definition) is 1. The summed E-state index contributed by atoms with van der Waals surface area (Å²) in [5.41, 5.74) is 4.17. The number of nitrogens with one attached hydrogen (secondary N) is 1. The predicted molar refractivity (Wildman–Crippen MR) is 171 cm³/mol. The van der Waals surface area contributed by atoms with Crippen molar-refractivity contribution in [2.75, 3.05) is 71.5 Å². The van der Waals surface area contributed by atoms with Crippen molar-refractivity contribution in [3.05, 3.63) is 53.1 Å². The highest BCUT2D eigenvalue weighted by Gasteiger charge is 2.33. The smallest absolute Gasteiger partial charge is 0.255 e. The predicted octanol–water partition coefficient (Wildman–Crippen LogP) is 2.97. The minimum atomic E-state index is -0.621. The average molecular weight is 606 g/mol. The number of benzene rings is 2. The molecule has 3 aliphatic rings. The van der Waals surface area contributed by atoms with Crippen molar-refractivity contribution >= 4 is 23.8 Å². The third kappa shape index (κ3) is 7.35. The van der Waals surface area contributed by atoms with E-state index in [1.807, 2.05) is 12.1 Å². The van der Waals surface area contributed by atoms with E-state index >= 15 is 0 Å². The van der Waals surface area contributed by atoms with Gasteiger partial charge in [0.2, 0.25) is 5.91 Å². The van der Waals surface area contributed by atoms with Crippen LogP contribution in [0.4, 0.5) is 5.69 Å². The van der Waals surface area contributed by atoms with E-state index < -0.39 is 6.04 Å². The highest BCUT2D eigenvalue weighted by atomic mass is 16.5. The van der Waals surface area contributed by atoms with Gasteiger partial charge in [-0.1, -0.05) is 13.0 Å². The molecule has 2 saturated heterocycles. The third-order valence-corrected chi connectivity index (χ3v) is 9.49. The number of hydrogen-bond acceptors (Lipinski definition) is 8. The van der Waals surface area contributed by atoms with Crippen molar-refractivity contribution in [2.24, 2.45) is 0 Å². The number of aryl methyl sites for hydroxylation is 1. The van der Waals surface area contributed by atoms with Crippen LogP contribution < -0.4 is 19.7 Å². The lowest BCUT2D eigenvalue weighted by Gasteiger charge is -2.43. The quantitative estimate of drug-likeness (QED) is 0.349. The summed E-state index contributed by atoms with van der Waals surface area (Å²) in [5.74, 6) is 1.35. The average Bonchev–Trinajstić information content (AvgIpc) is 3.40. The maximum Gasteiger partial charge on any atom is 0.255 e. The molecule has 2 fully saturated rings. The summed E-state index contributed by atoms with van der Waals surface area (Å²) in [5, 5.41) is 2.56. The van der Waals surface area contributed by atoms with E-state index in [9.17, 15) is 14.4 Å². The van der Waals surface area contributed by atoms with E-state index in [1.54, 1.807) is 25.1 Å². The maximum atomic E-state index is 12.9. The van der Waals surface area contributed by atoms with Gasteiger partial charge in [-0.2, -0.15) is 0 Å². The van der Waals surface area contributed by atoms with Gasteiger partial charge in [-0.15, -0.1) is 0 Å². The van der Waals surface area contributed by atoms with Crippen LogP contribution in [0.2, 0.25) is 0 Å². The Morgan fingerprint density at radius 2 is 1.80 bits per heavy atom. The first-order chi connectivity index (χ1) is 21.4. The largest absolute Gasteiger partial charge is 0.497 e. The third-order valence-electron chi connectivity index (χ3n) is 9.49. The summed E-state index contributed by atoms with van der Waals surface area (Å²) in [6, 6.07) is 12.0. The van der Waals surface area contributed by atoms with E-state index in [-0.39, 0.29) is 18.2 Å². The Morgan fingerprint density at radius 3 is 2.48 bits per heavy atom. The van der Waals surface area contributed by atoms with E-state index in [4.69, 9.17) is 9.47 Å². The van der Waals surface area contributed by atoms with Gasteiger partial charge >= 0.3 is 0 Å². The summed E-state index contributed by atoms with van der Waals surface area (Å²) in [7, 11) is 3.30. The van der Waals surface area contributed by atoms with Crippen molar-refractivity contribution in [1.29, 1.82) is 0 Å². The zero-order chi connectivity index (χ0) is 31.1. The standard InChI is InChI=1S/C34H47N5O5/c1-4-25-5-7-29(43-3)22-32(25)38-13-11-27(12-14-38)37-17-15-36(16-18-37)19-20-44-30-8-9-31-26(21-30)23-39(34(31)42)28(24-40)6-10-33(41)35-2/h5,7-9,21-22,24,27-28H,4,6,10-20,23H2,1-3H3,(H,35,41). The molecule has 2 aromatic rings. The van der Waals surface area contributed by atoms with Crippen LogP contribution in [-0.2, 0) is 22.6 Å². The van der Waals surface area contributed by atoms with Crippen LogP contribution in [0.15, 0.2) is 36.4 Å². The topological polar surface area (TPSA) is 94.7 Å².